The number of nitrogens with one attached hydrogen (secondary N) is 1. The van der Waals surface area contributed by atoms with E-state index in [9.17, 15) is 14.0 Å². The molecule has 0 saturated heterocycles. The van der Waals surface area contributed by atoms with E-state index in [1.54, 1.807) is 24.4 Å². The number of benzene rings is 1. The molecule has 0 radical (unpaired) electrons. The summed E-state index contributed by atoms with van der Waals surface area (Å²) in [5.41, 5.74) is 5.55. The van der Waals surface area contributed by atoms with E-state index in [2.05, 4.69) is 21.2 Å². The zero-order valence-electron chi connectivity index (χ0n) is 10.8. The van der Waals surface area contributed by atoms with Gasteiger partial charge in [-0.1, -0.05) is 15.9 Å². The lowest BCUT2D eigenvalue weighted by molar-refractivity contribution is -0.684. The van der Waals surface area contributed by atoms with Crippen LogP contribution in [0.1, 0.15) is 10.4 Å². The largest absolute Gasteiger partial charge is 0.365 e. The Morgan fingerprint density at radius 1 is 1.33 bits per heavy atom. The fraction of sp³-hybridized carbons (Fsp3) is 0.0714. The van der Waals surface area contributed by atoms with Gasteiger partial charge in [-0.3, -0.25) is 9.59 Å². The van der Waals surface area contributed by atoms with E-state index in [1.165, 1.54) is 22.9 Å². The Bertz CT molecular complexity index is 706. The molecule has 2 amide bonds. The molecule has 0 aliphatic rings. The number of hydrogen-bond donors (Lipinski definition) is 2. The molecule has 0 unspecified atom stereocenters. The number of carbonyl (C=O) groups is 2. The van der Waals surface area contributed by atoms with Crippen LogP contribution in [-0.4, -0.2) is 11.8 Å². The number of rotatable bonds is 4. The second-order valence-corrected chi connectivity index (χ2v) is 5.22. The molecule has 0 fully saturated rings. The standard InChI is InChI=1S/C14H11BrFN3O2/c15-10-3-4-12(11(16)6-10)18-13(20)8-19-5-1-2-9(7-19)14(17)21/h1-7H,8H2,(H2-,17,18,20,21)/p+1. The average molecular weight is 353 g/mol. The maximum absolute atomic E-state index is 13.6. The van der Waals surface area contributed by atoms with E-state index in [1.807, 2.05) is 0 Å². The highest BCUT2D eigenvalue weighted by molar-refractivity contribution is 9.10. The summed E-state index contributed by atoms with van der Waals surface area (Å²) in [4.78, 5) is 22.9. The molecular formula is C14H12BrFN3O2+. The maximum Gasteiger partial charge on any atom is 0.290 e. The zero-order chi connectivity index (χ0) is 15.4. The summed E-state index contributed by atoms with van der Waals surface area (Å²) in [7, 11) is 0. The van der Waals surface area contributed by atoms with E-state index >= 15 is 0 Å². The Balaban J connectivity index is 2.08. The lowest BCUT2D eigenvalue weighted by Crippen LogP contribution is -2.40. The Morgan fingerprint density at radius 2 is 2.10 bits per heavy atom. The summed E-state index contributed by atoms with van der Waals surface area (Å²) in [6.45, 7) is -0.0589. The van der Waals surface area contributed by atoms with E-state index in [0.29, 0.717) is 10.0 Å². The van der Waals surface area contributed by atoms with Crippen molar-refractivity contribution in [2.24, 2.45) is 5.73 Å². The SMILES string of the molecule is NC(=O)c1ccc[n+](CC(=O)Nc2ccc(Br)cc2F)c1. The van der Waals surface area contributed by atoms with Crippen molar-refractivity contribution < 1.29 is 18.5 Å². The summed E-state index contributed by atoms with van der Waals surface area (Å²) in [5.74, 6) is -1.53. The molecule has 1 aromatic carbocycles. The quantitative estimate of drug-likeness (QED) is 0.820. The molecule has 108 valence electrons. The molecule has 0 saturated carbocycles. The average Bonchev–Trinajstić information content (AvgIpc) is 2.42. The predicted octanol–water partition coefficient (Wildman–Crippen LogP) is 1.61. The molecular weight excluding hydrogens is 341 g/mol. The van der Waals surface area contributed by atoms with Gasteiger partial charge in [-0.2, -0.15) is 4.57 Å². The summed E-state index contributed by atoms with van der Waals surface area (Å²) in [6, 6.07) is 7.50. The third kappa shape index (κ3) is 4.09. The van der Waals surface area contributed by atoms with Crippen molar-refractivity contribution in [1.29, 1.82) is 0 Å². The van der Waals surface area contributed by atoms with Crippen molar-refractivity contribution in [2.45, 2.75) is 6.54 Å². The Morgan fingerprint density at radius 3 is 2.76 bits per heavy atom. The van der Waals surface area contributed by atoms with Gasteiger partial charge in [0, 0.05) is 10.5 Å². The molecule has 0 aliphatic carbocycles. The zero-order valence-corrected chi connectivity index (χ0v) is 12.4. The number of hydrogen-bond acceptors (Lipinski definition) is 2. The summed E-state index contributed by atoms with van der Waals surface area (Å²) < 4.78 is 15.7. The van der Waals surface area contributed by atoms with Crippen LogP contribution in [0.5, 0.6) is 0 Å². The van der Waals surface area contributed by atoms with Crippen LogP contribution >= 0.6 is 15.9 Å². The second-order valence-electron chi connectivity index (χ2n) is 4.30. The second kappa shape index (κ2) is 6.45. The van der Waals surface area contributed by atoms with Gasteiger partial charge in [-0.05, 0) is 24.3 Å². The number of nitrogens with zero attached hydrogens (tertiary/aromatic N) is 1. The molecule has 21 heavy (non-hydrogen) atoms. The van der Waals surface area contributed by atoms with E-state index in [-0.39, 0.29) is 12.2 Å². The lowest BCUT2D eigenvalue weighted by atomic mass is 10.2. The van der Waals surface area contributed by atoms with Gasteiger partial charge in [-0.15, -0.1) is 0 Å². The number of aromatic nitrogens is 1. The minimum atomic E-state index is -0.580. The molecule has 7 heteroatoms. The minimum absolute atomic E-state index is 0.0589. The fourth-order valence-electron chi connectivity index (χ4n) is 1.71. The van der Waals surface area contributed by atoms with Gasteiger partial charge in [0.15, 0.2) is 12.4 Å². The fourth-order valence-corrected chi connectivity index (χ4v) is 2.05. The van der Waals surface area contributed by atoms with Crippen molar-refractivity contribution in [3.63, 3.8) is 0 Å². The number of halogens is 2. The van der Waals surface area contributed by atoms with Gasteiger partial charge in [0.25, 0.3) is 11.8 Å². The van der Waals surface area contributed by atoms with Gasteiger partial charge >= 0.3 is 0 Å². The lowest BCUT2D eigenvalue weighted by Gasteiger charge is -2.05. The molecule has 0 spiro atoms. The predicted molar refractivity (Wildman–Crippen MR) is 77.9 cm³/mol. The first kappa shape index (κ1) is 15.1. The molecule has 0 bridgehead atoms. The van der Waals surface area contributed by atoms with Crippen molar-refractivity contribution in [2.75, 3.05) is 5.32 Å². The van der Waals surface area contributed by atoms with Crippen LogP contribution in [-0.2, 0) is 11.3 Å². The highest BCUT2D eigenvalue weighted by atomic mass is 79.9. The number of amides is 2. The van der Waals surface area contributed by atoms with Gasteiger partial charge < -0.3 is 11.1 Å². The molecule has 2 aromatic rings. The molecule has 1 aromatic heterocycles. The van der Waals surface area contributed by atoms with E-state index < -0.39 is 17.6 Å². The van der Waals surface area contributed by atoms with Crippen molar-refractivity contribution in [1.82, 2.24) is 0 Å². The van der Waals surface area contributed by atoms with Crippen LogP contribution in [0.15, 0.2) is 47.2 Å². The van der Waals surface area contributed by atoms with Crippen molar-refractivity contribution >= 4 is 33.4 Å². The minimum Gasteiger partial charge on any atom is -0.365 e. The normalized spacial score (nSPS) is 10.2. The number of carbonyl (C=O) groups excluding carboxylic acids is 2. The number of pyridine rings is 1. The number of nitrogens with two attached hydrogens (primary N) is 1. The van der Waals surface area contributed by atoms with Gasteiger partial charge in [-0.25, -0.2) is 4.39 Å². The third-order valence-electron chi connectivity index (χ3n) is 2.67. The van der Waals surface area contributed by atoms with Crippen LogP contribution in [0.4, 0.5) is 10.1 Å². The smallest absolute Gasteiger partial charge is 0.290 e. The van der Waals surface area contributed by atoms with E-state index in [4.69, 9.17) is 5.73 Å². The number of primary amides is 1. The van der Waals surface area contributed by atoms with Crippen molar-refractivity contribution in [3.05, 3.63) is 58.6 Å². The first-order valence-electron chi connectivity index (χ1n) is 5.99. The molecule has 1 heterocycles. The van der Waals surface area contributed by atoms with Crippen LogP contribution in [0.2, 0.25) is 0 Å². The maximum atomic E-state index is 13.6. The molecule has 2 rings (SSSR count). The Labute approximate surface area is 128 Å². The Hall–Kier alpha value is -2.28. The van der Waals surface area contributed by atoms with Crippen LogP contribution in [0, 0.1) is 5.82 Å². The summed E-state index contributed by atoms with van der Waals surface area (Å²) in [5, 5.41) is 2.46. The molecule has 0 atom stereocenters. The van der Waals surface area contributed by atoms with Gasteiger partial charge in [0.2, 0.25) is 6.54 Å². The highest BCUT2D eigenvalue weighted by Gasteiger charge is 2.14. The summed E-state index contributed by atoms with van der Waals surface area (Å²) >= 11 is 3.14. The topological polar surface area (TPSA) is 76.1 Å². The highest BCUT2D eigenvalue weighted by Crippen LogP contribution is 2.19. The first-order valence-corrected chi connectivity index (χ1v) is 6.79. The third-order valence-corrected chi connectivity index (χ3v) is 3.17. The number of anilines is 1. The molecule has 5 nitrogen and oxygen atoms in total. The van der Waals surface area contributed by atoms with Crippen LogP contribution in [0.3, 0.4) is 0 Å². The monoisotopic (exact) mass is 352 g/mol. The van der Waals surface area contributed by atoms with Gasteiger partial charge in [0.1, 0.15) is 11.4 Å². The van der Waals surface area contributed by atoms with Crippen molar-refractivity contribution in [3.8, 4) is 0 Å². The van der Waals surface area contributed by atoms with Crippen LogP contribution in [0.25, 0.3) is 0 Å². The van der Waals surface area contributed by atoms with Gasteiger partial charge in [0.05, 0.1) is 5.69 Å². The van der Waals surface area contributed by atoms with Crippen LogP contribution < -0.4 is 15.6 Å². The summed E-state index contributed by atoms with van der Waals surface area (Å²) in [6.07, 6.45) is 3.07. The molecule has 0 aliphatic heterocycles. The first-order chi connectivity index (χ1) is 9.95. The molecule has 3 N–H and O–H groups in total. The Kier molecular flexibility index (Phi) is 4.64. The van der Waals surface area contributed by atoms with E-state index in [0.717, 1.165) is 0 Å².